The number of carboxylic acids is 1. The van der Waals surface area contributed by atoms with E-state index >= 15 is 0 Å². The highest BCUT2D eigenvalue weighted by Gasteiger charge is 2.18. The number of rotatable bonds is 5. The number of carbonyl (C=O) groups is 1. The standard InChI is InChI=1S/C12H17ClN2O2/c1-4-5-8(2)15(3)11-10(13)9(12(16)17)6-7-14-11/h6-8H,4-5H2,1-3H3,(H,16,17). The number of aromatic nitrogens is 1. The van der Waals surface area contributed by atoms with Gasteiger partial charge in [0.25, 0.3) is 0 Å². The lowest BCUT2D eigenvalue weighted by Gasteiger charge is -2.26. The van der Waals surface area contributed by atoms with Crippen LogP contribution in [0.2, 0.25) is 5.02 Å². The van der Waals surface area contributed by atoms with Crippen molar-refractivity contribution in [1.29, 1.82) is 0 Å². The molecule has 0 spiro atoms. The molecule has 1 atom stereocenters. The van der Waals surface area contributed by atoms with Crippen molar-refractivity contribution in [1.82, 2.24) is 4.98 Å². The predicted molar refractivity (Wildman–Crippen MR) is 69.0 cm³/mol. The Hall–Kier alpha value is -1.29. The number of hydrogen-bond donors (Lipinski definition) is 1. The summed E-state index contributed by atoms with van der Waals surface area (Å²) in [6.07, 6.45) is 3.54. The fourth-order valence-electron chi connectivity index (χ4n) is 1.66. The Kier molecular flexibility index (Phi) is 4.75. The van der Waals surface area contributed by atoms with Gasteiger partial charge in [-0.3, -0.25) is 0 Å². The second kappa shape index (κ2) is 5.87. The SMILES string of the molecule is CCCC(C)N(C)c1nccc(C(=O)O)c1Cl. The molecule has 1 aromatic heterocycles. The van der Waals surface area contributed by atoms with E-state index in [2.05, 4.69) is 18.8 Å². The average molecular weight is 257 g/mol. The molecule has 1 heterocycles. The Balaban J connectivity index is 3.06. The van der Waals surface area contributed by atoms with Gasteiger partial charge in [0.2, 0.25) is 0 Å². The maximum absolute atomic E-state index is 11.0. The van der Waals surface area contributed by atoms with Gasteiger partial charge in [0.05, 0.1) is 10.6 Å². The van der Waals surface area contributed by atoms with Gasteiger partial charge in [-0.15, -0.1) is 0 Å². The summed E-state index contributed by atoms with van der Waals surface area (Å²) in [6, 6.07) is 1.68. The largest absolute Gasteiger partial charge is 0.478 e. The van der Waals surface area contributed by atoms with Gasteiger partial charge in [0, 0.05) is 19.3 Å². The Bertz CT molecular complexity index is 409. The summed E-state index contributed by atoms with van der Waals surface area (Å²) in [5.41, 5.74) is 0.0900. The molecule has 0 aromatic carbocycles. The summed E-state index contributed by atoms with van der Waals surface area (Å²) in [5.74, 6) is -0.511. The monoisotopic (exact) mass is 256 g/mol. The van der Waals surface area contributed by atoms with E-state index in [0.29, 0.717) is 5.82 Å². The van der Waals surface area contributed by atoms with Crippen molar-refractivity contribution >= 4 is 23.4 Å². The van der Waals surface area contributed by atoms with Crippen LogP contribution in [0.15, 0.2) is 12.3 Å². The summed E-state index contributed by atoms with van der Waals surface area (Å²) in [5, 5.41) is 9.18. The van der Waals surface area contributed by atoms with E-state index in [4.69, 9.17) is 16.7 Å². The second-order valence-corrected chi connectivity index (χ2v) is 4.43. The molecule has 1 unspecified atom stereocenters. The van der Waals surface area contributed by atoms with Crippen LogP contribution in [0.25, 0.3) is 0 Å². The Morgan fingerprint density at radius 2 is 2.29 bits per heavy atom. The maximum Gasteiger partial charge on any atom is 0.337 e. The van der Waals surface area contributed by atoms with Crippen LogP contribution in [0.3, 0.4) is 0 Å². The molecule has 0 radical (unpaired) electrons. The van der Waals surface area contributed by atoms with Crippen molar-refractivity contribution in [2.75, 3.05) is 11.9 Å². The normalized spacial score (nSPS) is 12.2. The minimum Gasteiger partial charge on any atom is -0.478 e. The van der Waals surface area contributed by atoms with Gasteiger partial charge in [0.15, 0.2) is 0 Å². The van der Waals surface area contributed by atoms with Crippen LogP contribution in [-0.2, 0) is 0 Å². The molecule has 0 fully saturated rings. The maximum atomic E-state index is 11.0. The van der Waals surface area contributed by atoms with E-state index in [1.165, 1.54) is 12.3 Å². The van der Waals surface area contributed by atoms with Crippen molar-refractivity contribution in [3.05, 3.63) is 22.8 Å². The summed E-state index contributed by atoms with van der Waals surface area (Å²) < 4.78 is 0. The number of hydrogen-bond acceptors (Lipinski definition) is 3. The number of carboxylic acid groups (broad SMARTS) is 1. The van der Waals surface area contributed by atoms with Crippen molar-refractivity contribution in [3.63, 3.8) is 0 Å². The molecule has 5 heteroatoms. The highest BCUT2D eigenvalue weighted by molar-refractivity contribution is 6.35. The number of anilines is 1. The molecule has 1 rings (SSSR count). The van der Waals surface area contributed by atoms with Crippen molar-refractivity contribution in [2.45, 2.75) is 32.7 Å². The van der Waals surface area contributed by atoms with E-state index in [0.717, 1.165) is 12.8 Å². The van der Waals surface area contributed by atoms with Crippen molar-refractivity contribution < 1.29 is 9.90 Å². The molecule has 0 saturated carbocycles. The first-order valence-corrected chi connectivity index (χ1v) is 5.97. The Morgan fingerprint density at radius 1 is 1.65 bits per heavy atom. The number of nitrogens with zero attached hydrogens (tertiary/aromatic N) is 2. The third kappa shape index (κ3) is 3.09. The molecular formula is C12H17ClN2O2. The Labute approximate surface area is 106 Å². The fourth-order valence-corrected chi connectivity index (χ4v) is 1.99. The lowest BCUT2D eigenvalue weighted by atomic mass is 10.1. The highest BCUT2D eigenvalue weighted by atomic mass is 35.5. The Morgan fingerprint density at radius 3 is 2.82 bits per heavy atom. The molecule has 4 nitrogen and oxygen atoms in total. The fraction of sp³-hybridized carbons (Fsp3) is 0.500. The average Bonchev–Trinajstić information content (AvgIpc) is 2.28. The molecule has 1 N–H and O–H groups in total. The van der Waals surface area contributed by atoms with Crippen LogP contribution in [0.1, 0.15) is 37.0 Å². The molecule has 0 saturated heterocycles. The lowest BCUT2D eigenvalue weighted by Crippen LogP contribution is -2.29. The van der Waals surface area contributed by atoms with Crippen LogP contribution in [-0.4, -0.2) is 29.1 Å². The van der Waals surface area contributed by atoms with Crippen LogP contribution in [0.5, 0.6) is 0 Å². The van der Waals surface area contributed by atoms with Crippen molar-refractivity contribution in [2.24, 2.45) is 0 Å². The lowest BCUT2D eigenvalue weighted by molar-refractivity contribution is 0.0697. The quantitative estimate of drug-likeness (QED) is 0.880. The van der Waals surface area contributed by atoms with Gasteiger partial charge >= 0.3 is 5.97 Å². The molecule has 94 valence electrons. The highest BCUT2D eigenvalue weighted by Crippen LogP contribution is 2.27. The first-order chi connectivity index (χ1) is 7.99. The smallest absolute Gasteiger partial charge is 0.337 e. The molecule has 17 heavy (non-hydrogen) atoms. The number of pyridine rings is 1. The molecule has 0 aliphatic carbocycles. The van der Waals surface area contributed by atoms with E-state index in [1.54, 1.807) is 0 Å². The van der Waals surface area contributed by atoms with Gasteiger partial charge < -0.3 is 10.0 Å². The summed E-state index contributed by atoms with van der Waals surface area (Å²) >= 11 is 6.06. The van der Waals surface area contributed by atoms with Gasteiger partial charge in [-0.25, -0.2) is 9.78 Å². The molecule has 0 aliphatic rings. The summed E-state index contributed by atoms with van der Waals surface area (Å²) in [7, 11) is 1.88. The van der Waals surface area contributed by atoms with Crippen LogP contribution in [0, 0.1) is 0 Å². The van der Waals surface area contributed by atoms with Gasteiger partial charge in [-0.2, -0.15) is 0 Å². The van der Waals surface area contributed by atoms with Gasteiger partial charge in [-0.1, -0.05) is 24.9 Å². The predicted octanol–water partition coefficient (Wildman–Crippen LogP) is 3.06. The van der Waals surface area contributed by atoms with Gasteiger partial charge in [-0.05, 0) is 19.4 Å². The zero-order chi connectivity index (χ0) is 13.0. The number of halogens is 1. The topological polar surface area (TPSA) is 53.4 Å². The summed E-state index contributed by atoms with van der Waals surface area (Å²) in [4.78, 5) is 17.0. The molecule has 0 amide bonds. The number of aromatic carboxylic acids is 1. The summed E-state index contributed by atoms with van der Waals surface area (Å²) in [6.45, 7) is 4.17. The third-order valence-electron chi connectivity index (χ3n) is 2.80. The van der Waals surface area contributed by atoms with Gasteiger partial charge in [0.1, 0.15) is 5.82 Å². The first kappa shape index (κ1) is 13.8. The van der Waals surface area contributed by atoms with E-state index in [9.17, 15) is 4.79 Å². The van der Waals surface area contributed by atoms with E-state index in [1.807, 2.05) is 11.9 Å². The second-order valence-electron chi connectivity index (χ2n) is 4.05. The minimum absolute atomic E-state index is 0.0900. The minimum atomic E-state index is -1.03. The molecular weight excluding hydrogens is 240 g/mol. The zero-order valence-corrected chi connectivity index (χ0v) is 11.0. The van der Waals surface area contributed by atoms with Crippen LogP contribution in [0.4, 0.5) is 5.82 Å². The molecule has 0 aliphatic heterocycles. The molecule has 0 bridgehead atoms. The third-order valence-corrected chi connectivity index (χ3v) is 3.18. The van der Waals surface area contributed by atoms with Crippen LogP contribution >= 0.6 is 11.6 Å². The first-order valence-electron chi connectivity index (χ1n) is 5.59. The van der Waals surface area contributed by atoms with Crippen LogP contribution < -0.4 is 4.90 Å². The van der Waals surface area contributed by atoms with E-state index < -0.39 is 5.97 Å². The van der Waals surface area contributed by atoms with E-state index in [-0.39, 0.29) is 16.6 Å². The zero-order valence-electron chi connectivity index (χ0n) is 10.3. The molecule has 1 aromatic rings. The van der Waals surface area contributed by atoms with Crippen molar-refractivity contribution in [3.8, 4) is 0 Å².